The Morgan fingerprint density at radius 2 is 2.04 bits per heavy atom. The molecule has 1 aliphatic rings. The van der Waals surface area contributed by atoms with E-state index in [1.165, 1.54) is 12.4 Å². The van der Waals surface area contributed by atoms with E-state index in [1.807, 2.05) is 6.92 Å². The summed E-state index contributed by atoms with van der Waals surface area (Å²) in [6.07, 6.45) is 6.48. The van der Waals surface area contributed by atoms with E-state index in [1.54, 1.807) is 25.2 Å². The fourth-order valence-electron chi connectivity index (χ4n) is 2.82. The zero-order valence-corrected chi connectivity index (χ0v) is 14.0. The number of hydrogen-bond acceptors (Lipinski definition) is 5. The molecule has 0 spiro atoms. The predicted molar refractivity (Wildman–Crippen MR) is 86.8 cm³/mol. The Labute approximate surface area is 137 Å². The van der Waals surface area contributed by atoms with Crippen molar-refractivity contribution in [3.05, 3.63) is 24.3 Å². The van der Waals surface area contributed by atoms with Gasteiger partial charge in [0.2, 0.25) is 5.91 Å². The summed E-state index contributed by atoms with van der Waals surface area (Å²) >= 11 is 0. The van der Waals surface area contributed by atoms with Crippen molar-refractivity contribution in [2.24, 2.45) is 5.92 Å². The minimum Gasteiger partial charge on any atom is -0.350 e. The third-order valence-corrected chi connectivity index (χ3v) is 4.34. The van der Waals surface area contributed by atoms with Crippen LogP contribution in [0.4, 0.5) is 0 Å². The number of carbonyl (C=O) groups is 2. The molecule has 23 heavy (non-hydrogen) atoms. The topological polar surface area (TPSA) is 78.4 Å². The second kappa shape index (κ2) is 8.01. The van der Waals surface area contributed by atoms with Gasteiger partial charge < -0.3 is 10.2 Å². The first kappa shape index (κ1) is 17.3. The van der Waals surface area contributed by atoms with Crippen molar-refractivity contribution in [3.63, 3.8) is 0 Å². The monoisotopic (exact) mass is 319 g/mol. The molecule has 2 amide bonds. The van der Waals surface area contributed by atoms with Crippen LogP contribution in [0.5, 0.6) is 0 Å². The Balaban J connectivity index is 1.75. The first-order valence-corrected chi connectivity index (χ1v) is 7.98. The van der Waals surface area contributed by atoms with Crippen molar-refractivity contribution < 1.29 is 9.59 Å². The molecular weight excluding hydrogens is 294 g/mol. The highest BCUT2D eigenvalue weighted by molar-refractivity contribution is 5.91. The van der Waals surface area contributed by atoms with Crippen molar-refractivity contribution in [1.29, 1.82) is 0 Å². The number of likely N-dealkylation sites (N-methyl/N-ethyl adjacent to an activating group) is 1. The van der Waals surface area contributed by atoms with Crippen molar-refractivity contribution in [2.45, 2.75) is 25.8 Å². The Morgan fingerprint density at radius 1 is 1.35 bits per heavy atom. The summed E-state index contributed by atoms with van der Waals surface area (Å²) in [5.74, 6) is 0.393. The normalized spacial score (nSPS) is 17.5. The summed E-state index contributed by atoms with van der Waals surface area (Å²) in [5, 5.41) is 2.92. The van der Waals surface area contributed by atoms with Crippen LogP contribution < -0.4 is 5.32 Å². The minimum atomic E-state index is -0.184. The predicted octanol–water partition coefficient (Wildman–Crippen LogP) is 0.395. The maximum Gasteiger partial charge on any atom is 0.271 e. The van der Waals surface area contributed by atoms with Crippen molar-refractivity contribution in [2.75, 3.05) is 33.7 Å². The van der Waals surface area contributed by atoms with E-state index in [-0.39, 0.29) is 17.9 Å². The smallest absolute Gasteiger partial charge is 0.271 e. The standard InChI is InChI=1S/C16H25N5O2/c1-12(16(23)20(2)3)21-8-4-13(5-9-21)10-19-15(22)14-11-17-6-7-18-14/h6-7,11-13H,4-5,8-10H2,1-3H3,(H,19,22). The lowest BCUT2D eigenvalue weighted by atomic mass is 9.95. The first-order valence-electron chi connectivity index (χ1n) is 7.98. The van der Waals surface area contributed by atoms with E-state index < -0.39 is 0 Å². The van der Waals surface area contributed by atoms with Crippen LogP contribution in [0.3, 0.4) is 0 Å². The summed E-state index contributed by atoms with van der Waals surface area (Å²) in [7, 11) is 3.57. The average Bonchev–Trinajstić information content (AvgIpc) is 2.59. The van der Waals surface area contributed by atoms with Gasteiger partial charge >= 0.3 is 0 Å². The molecule has 0 aliphatic carbocycles. The summed E-state index contributed by atoms with van der Waals surface area (Å²) in [6, 6.07) is -0.0832. The highest BCUT2D eigenvalue weighted by atomic mass is 16.2. The third kappa shape index (κ3) is 4.72. The molecule has 1 fully saturated rings. The van der Waals surface area contributed by atoms with E-state index in [0.29, 0.717) is 18.2 Å². The molecule has 2 heterocycles. The molecule has 0 radical (unpaired) electrons. The summed E-state index contributed by atoms with van der Waals surface area (Å²) in [5.41, 5.74) is 0.343. The number of carbonyl (C=O) groups excluding carboxylic acids is 2. The fourth-order valence-corrected chi connectivity index (χ4v) is 2.82. The third-order valence-electron chi connectivity index (χ3n) is 4.34. The number of hydrogen-bond donors (Lipinski definition) is 1. The molecule has 1 aromatic heterocycles. The van der Waals surface area contributed by atoms with Crippen molar-refractivity contribution >= 4 is 11.8 Å². The number of likely N-dealkylation sites (tertiary alicyclic amines) is 1. The van der Waals surface area contributed by atoms with Crippen LogP contribution >= 0.6 is 0 Å². The van der Waals surface area contributed by atoms with Crippen LogP contribution in [0.15, 0.2) is 18.6 Å². The molecule has 1 aliphatic heterocycles. The van der Waals surface area contributed by atoms with Crippen LogP contribution in [-0.4, -0.2) is 71.4 Å². The van der Waals surface area contributed by atoms with E-state index >= 15 is 0 Å². The van der Waals surface area contributed by atoms with Gasteiger partial charge in [-0.3, -0.25) is 19.5 Å². The molecule has 0 bridgehead atoms. The molecule has 2 rings (SSSR count). The lowest BCUT2D eigenvalue weighted by Gasteiger charge is -2.36. The minimum absolute atomic E-state index is 0.0832. The van der Waals surface area contributed by atoms with Gasteiger partial charge in [-0.15, -0.1) is 0 Å². The Hall–Kier alpha value is -2.02. The number of piperidine rings is 1. The van der Waals surface area contributed by atoms with Crippen LogP contribution in [0.2, 0.25) is 0 Å². The summed E-state index contributed by atoms with van der Waals surface area (Å²) in [4.78, 5) is 35.7. The lowest BCUT2D eigenvalue weighted by Crippen LogP contribution is -2.48. The summed E-state index contributed by atoms with van der Waals surface area (Å²) < 4.78 is 0. The lowest BCUT2D eigenvalue weighted by molar-refractivity contribution is -0.134. The molecule has 126 valence electrons. The van der Waals surface area contributed by atoms with E-state index in [2.05, 4.69) is 20.2 Å². The fraction of sp³-hybridized carbons (Fsp3) is 0.625. The van der Waals surface area contributed by atoms with Gasteiger partial charge in [-0.05, 0) is 38.8 Å². The van der Waals surface area contributed by atoms with Gasteiger partial charge in [-0.1, -0.05) is 0 Å². The second-order valence-electron chi connectivity index (χ2n) is 6.19. The highest BCUT2D eigenvalue weighted by Crippen LogP contribution is 2.19. The van der Waals surface area contributed by atoms with Crippen molar-refractivity contribution in [1.82, 2.24) is 25.1 Å². The quantitative estimate of drug-likeness (QED) is 0.850. The van der Waals surface area contributed by atoms with Gasteiger partial charge in [0.25, 0.3) is 5.91 Å². The number of rotatable bonds is 5. The zero-order valence-electron chi connectivity index (χ0n) is 14.0. The largest absolute Gasteiger partial charge is 0.350 e. The van der Waals surface area contributed by atoms with Gasteiger partial charge in [0.05, 0.1) is 12.2 Å². The Kier molecular flexibility index (Phi) is 6.04. The molecule has 7 nitrogen and oxygen atoms in total. The zero-order chi connectivity index (χ0) is 16.8. The number of nitrogens with zero attached hydrogens (tertiary/aromatic N) is 4. The second-order valence-corrected chi connectivity index (χ2v) is 6.19. The average molecular weight is 319 g/mol. The SMILES string of the molecule is CC(C(=O)N(C)C)N1CCC(CNC(=O)c2cnccn2)CC1. The van der Waals surface area contributed by atoms with E-state index in [0.717, 1.165) is 25.9 Å². The number of aromatic nitrogens is 2. The molecule has 1 N–H and O–H groups in total. The van der Waals surface area contributed by atoms with Gasteiger partial charge in [0, 0.05) is 33.0 Å². The maximum atomic E-state index is 12.0. The first-order chi connectivity index (χ1) is 11.0. The highest BCUT2D eigenvalue weighted by Gasteiger charge is 2.27. The maximum absolute atomic E-state index is 12.0. The van der Waals surface area contributed by atoms with Gasteiger partial charge in [-0.25, -0.2) is 4.98 Å². The molecule has 0 saturated carbocycles. The van der Waals surface area contributed by atoms with Crippen LogP contribution in [0.25, 0.3) is 0 Å². The van der Waals surface area contributed by atoms with E-state index in [4.69, 9.17) is 0 Å². The summed E-state index contributed by atoms with van der Waals surface area (Å²) in [6.45, 7) is 4.36. The molecule has 1 aromatic rings. The Bertz CT molecular complexity index is 527. The molecular formula is C16H25N5O2. The van der Waals surface area contributed by atoms with Gasteiger partial charge in [0.1, 0.15) is 5.69 Å². The molecule has 1 atom stereocenters. The number of amides is 2. The Morgan fingerprint density at radius 3 is 2.61 bits per heavy atom. The molecule has 7 heteroatoms. The van der Waals surface area contributed by atoms with E-state index in [9.17, 15) is 9.59 Å². The molecule has 1 saturated heterocycles. The van der Waals surface area contributed by atoms with Gasteiger partial charge in [-0.2, -0.15) is 0 Å². The molecule has 0 aromatic carbocycles. The van der Waals surface area contributed by atoms with Gasteiger partial charge in [0.15, 0.2) is 0 Å². The number of nitrogens with one attached hydrogen (secondary N) is 1. The van der Waals surface area contributed by atoms with Crippen molar-refractivity contribution in [3.8, 4) is 0 Å². The van der Waals surface area contributed by atoms with Crippen LogP contribution in [0.1, 0.15) is 30.3 Å². The molecule has 1 unspecified atom stereocenters. The van der Waals surface area contributed by atoms with Crippen LogP contribution in [-0.2, 0) is 4.79 Å². The van der Waals surface area contributed by atoms with Crippen LogP contribution in [0, 0.1) is 5.92 Å².